The van der Waals surface area contributed by atoms with Gasteiger partial charge in [-0.2, -0.15) is 0 Å². The molecule has 0 amide bonds. The van der Waals surface area contributed by atoms with Gasteiger partial charge in [-0.25, -0.2) is 0 Å². The average molecular weight is 261 g/mol. The standard InChI is InChI=1S/C8H16N2O3.2ClH/c1-13-8(12)2-6-3-10-7(5-11)4-9-6;;/h6-7,9-11H,2-5H2,1H3;2*1H/t6-,7-;;/m1../s1. The maximum atomic E-state index is 10.9. The highest BCUT2D eigenvalue weighted by Gasteiger charge is 2.21. The van der Waals surface area contributed by atoms with Crippen LogP contribution in [0.5, 0.6) is 0 Å². The van der Waals surface area contributed by atoms with Gasteiger partial charge in [0.2, 0.25) is 0 Å². The second-order valence-electron chi connectivity index (χ2n) is 3.17. The first-order chi connectivity index (χ1) is 6.26. The fraction of sp³-hybridized carbons (Fsp3) is 0.875. The van der Waals surface area contributed by atoms with Gasteiger partial charge in [-0.15, -0.1) is 24.8 Å². The van der Waals surface area contributed by atoms with Gasteiger partial charge < -0.3 is 20.5 Å². The first kappa shape index (κ1) is 17.3. The third-order valence-electron chi connectivity index (χ3n) is 2.17. The molecule has 0 aromatic rings. The molecule has 1 heterocycles. The summed E-state index contributed by atoms with van der Waals surface area (Å²) in [7, 11) is 1.38. The van der Waals surface area contributed by atoms with E-state index in [1.807, 2.05) is 0 Å². The quantitative estimate of drug-likeness (QED) is 0.587. The van der Waals surface area contributed by atoms with E-state index < -0.39 is 0 Å². The molecule has 1 aliphatic rings. The predicted molar refractivity (Wildman–Crippen MR) is 61.8 cm³/mol. The fourth-order valence-electron chi connectivity index (χ4n) is 1.32. The number of methoxy groups -OCH3 is 1. The molecule has 5 nitrogen and oxygen atoms in total. The van der Waals surface area contributed by atoms with Crippen LogP contribution in [0, 0.1) is 0 Å². The molecular formula is C8H18Cl2N2O3. The van der Waals surface area contributed by atoms with E-state index in [2.05, 4.69) is 15.4 Å². The van der Waals surface area contributed by atoms with E-state index in [1.54, 1.807) is 0 Å². The number of aliphatic hydroxyl groups excluding tert-OH is 1. The molecule has 3 N–H and O–H groups in total. The minimum Gasteiger partial charge on any atom is -0.469 e. The third kappa shape index (κ3) is 6.17. The lowest BCUT2D eigenvalue weighted by Crippen LogP contribution is -2.56. The van der Waals surface area contributed by atoms with Crippen LogP contribution >= 0.6 is 24.8 Å². The zero-order chi connectivity index (χ0) is 9.68. The monoisotopic (exact) mass is 260 g/mol. The molecule has 0 radical (unpaired) electrons. The third-order valence-corrected chi connectivity index (χ3v) is 2.17. The minimum absolute atomic E-state index is 0. The number of carbonyl (C=O) groups excluding carboxylic acids is 1. The molecule has 2 atom stereocenters. The zero-order valence-electron chi connectivity index (χ0n) is 8.56. The van der Waals surface area contributed by atoms with Crippen LogP contribution in [0.15, 0.2) is 0 Å². The maximum absolute atomic E-state index is 10.9. The van der Waals surface area contributed by atoms with Crippen molar-refractivity contribution >= 4 is 30.8 Å². The highest BCUT2D eigenvalue weighted by molar-refractivity contribution is 5.85. The Morgan fingerprint density at radius 2 is 1.87 bits per heavy atom. The molecule has 0 aromatic heterocycles. The van der Waals surface area contributed by atoms with Crippen LogP contribution in [0.2, 0.25) is 0 Å². The van der Waals surface area contributed by atoms with E-state index in [0.29, 0.717) is 19.5 Å². The lowest BCUT2D eigenvalue weighted by molar-refractivity contribution is -0.141. The van der Waals surface area contributed by atoms with Gasteiger partial charge in [0.25, 0.3) is 0 Å². The molecule has 0 aliphatic carbocycles. The van der Waals surface area contributed by atoms with Crippen LogP contribution in [0.4, 0.5) is 0 Å². The molecular weight excluding hydrogens is 243 g/mol. The lowest BCUT2D eigenvalue weighted by atomic mass is 10.1. The number of nitrogens with one attached hydrogen (secondary N) is 2. The van der Waals surface area contributed by atoms with E-state index in [1.165, 1.54) is 7.11 Å². The molecule has 0 aromatic carbocycles. The summed E-state index contributed by atoms with van der Waals surface area (Å²) in [6.07, 6.45) is 0.377. The van der Waals surface area contributed by atoms with Crippen molar-refractivity contribution in [3.63, 3.8) is 0 Å². The normalized spacial score (nSPS) is 24.7. The van der Waals surface area contributed by atoms with E-state index in [4.69, 9.17) is 5.11 Å². The summed E-state index contributed by atoms with van der Waals surface area (Å²) in [6.45, 7) is 1.51. The summed E-state index contributed by atoms with van der Waals surface area (Å²) in [5.74, 6) is -0.207. The number of rotatable bonds is 3. The SMILES string of the molecule is COC(=O)C[C@@H]1CN[C@@H](CO)CN1.Cl.Cl. The molecule has 1 rings (SSSR count). The first-order valence-electron chi connectivity index (χ1n) is 4.40. The Morgan fingerprint density at radius 3 is 2.27 bits per heavy atom. The summed E-state index contributed by atoms with van der Waals surface area (Å²) >= 11 is 0. The number of esters is 1. The summed E-state index contributed by atoms with van der Waals surface area (Å²) in [4.78, 5) is 10.9. The number of halogens is 2. The number of aliphatic hydroxyl groups is 1. The predicted octanol–water partition coefficient (Wildman–Crippen LogP) is -0.685. The van der Waals surface area contributed by atoms with Crippen molar-refractivity contribution in [3.05, 3.63) is 0 Å². The molecule has 0 saturated carbocycles. The molecule has 92 valence electrons. The molecule has 7 heteroatoms. The molecule has 0 spiro atoms. The van der Waals surface area contributed by atoms with Crippen LogP contribution in [-0.2, 0) is 9.53 Å². The lowest BCUT2D eigenvalue weighted by Gasteiger charge is -2.29. The largest absolute Gasteiger partial charge is 0.469 e. The maximum Gasteiger partial charge on any atom is 0.307 e. The van der Waals surface area contributed by atoms with Gasteiger partial charge in [0.1, 0.15) is 0 Å². The summed E-state index contributed by atoms with van der Waals surface area (Å²) in [5.41, 5.74) is 0. The Bertz CT molecular complexity index is 175. The highest BCUT2D eigenvalue weighted by Crippen LogP contribution is 1.98. The smallest absolute Gasteiger partial charge is 0.307 e. The van der Waals surface area contributed by atoms with E-state index >= 15 is 0 Å². The van der Waals surface area contributed by atoms with Crippen LogP contribution in [0.1, 0.15) is 6.42 Å². The molecule has 1 saturated heterocycles. The van der Waals surface area contributed by atoms with E-state index in [9.17, 15) is 4.79 Å². The zero-order valence-corrected chi connectivity index (χ0v) is 10.2. The Kier molecular flexibility index (Phi) is 10.6. The first-order valence-corrected chi connectivity index (χ1v) is 4.40. The molecule has 0 unspecified atom stereocenters. The van der Waals surface area contributed by atoms with Crippen molar-refractivity contribution in [1.29, 1.82) is 0 Å². The van der Waals surface area contributed by atoms with Gasteiger partial charge in [-0.05, 0) is 0 Å². The molecule has 1 fully saturated rings. The van der Waals surface area contributed by atoms with Gasteiger partial charge >= 0.3 is 5.97 Å². The summed E-state index contributed by atoms with van der Waals surface area (Å²) in [6, 6.07) is 0.226. The van der Waals surface area contributed by atoms with Crippen LogP contribution in [0.25, 0.3) is 0 Å². The summed E-state index contributed by atoms with van der Waals surface area (Å²) < 4.78 is 4.55. The Morgan fingerprint density at radius 1 is 1.33 bits per heavy atom. The Balaban J connectivity index is 0. The van der Waals surface area contributed by atoms with Gasteiger partial charge in [0.05, 0.1) is 20.1 Å². The fourth-order valence-corrected chi connectivity index (χ4v) is 1.32. The van der Waals surface area contributed by atoms with Crippen LogP contribution in [-0.4, -0.2) is 50.0 Å². The molecule has 0 bridgehead atoms. The van der Waals surface area contributed by atoms with Crippen molar-refractivity contribution in [3.8, 4) is 0 Å². The van der Waals surface area contributed by atoms with Crippen molar-refractivity contribution in [1.82, 2.24) is 10.6 Å². The van der Waals surface area contributed by atoms with Gasteiger partial charge in [0.15, 0.2) is 0 Å². The van der Waals surface area contributed by atoms with Crippen molar-refractivity contribution in [2.24, 2.45) is 0 Å². The van der Waals surface area contributed by atoms with Crippen molar-refractivity contribution in [2.75, 3.05) is 26.8 Å². The van der Waals surface area contributed by atoms with Crippen molar-refractivity contribution in [2.45, 2.75) is 18.5 Å². The van der Waals surface area contributed by atoms with Gasteiger partial charge in [-0.3, -0.25) is 4.79 Å². The number of hydrogen-bond donors (Lipinski definition) is 3. The number of carbonyl (C=O) groups is 1. The van der Waals surface area contributed by atoms with Gasteiger partial charge in [0, 0.05) is 25.2 Å². The number of piperazine rings is 1. The number of hydrogen-bond acceptors (Lipinski definition) is 5. The van der Waals surface area contributed by atoms with Crippen molar-refractivity contribution < 1.29 is 14.6 Å². The Labute approximate surface area is 102 Å². The Hall–Kier alpha value is -0.0700. The minimum atomic E-state index is -0.207. The highest BCUT2D eigenvalue weighted by atomic mass is 35.5. The van der Waals surface area contributed by atoms with E-state index in [0.717, 1.165) is 0 Å². The average Bonchev–Trinajstić information content (AvgIpc) is 2.19. The number of ether oxygens (including phenoxy) is 1. The topological polar surface area (TPSA) is 70.6 Å². The second kappa shape index (κ2) is 9.18. The van der Waals surface area contributed by atoms with Crippen LogP contribution in [0.3, 0.4) is 0 Å². The van der Waals surface area contributed by atoms with E-state index in [-0.39, 0.29) is 49.5 Å². The molecule has 15 heavy (non-hydrogen) atoms. The van der Waals surface area contributed by atoms with Gasteiger partial charge in [-0.1, -0.05) is 0 Å². The molecule has 1 aliphatic heterocycles. The van der Waals surface area contributed by atoms with Crippen LogP contribution < -0.4 is 10.6 Å². The second-order valence-corrected chi connectivity index (χ2v) is 3.17. The summed E-state index contributed by atoms with van der Waals surface area (Å²) in [5, 5.41) is 15.1.